The maximum atomic E-state index is 3.73. The summed E-state index contributed by atoms with van der Waals surface area (Å²) in [6.45, 7) is 8.32. The molecule has 0 unspecified atom stereocenters. The van der Waals surface area contributed by atoms with Crippen molar-refractivity contribution in [2.75, 3.05) is 0 Å². The summed E-state index contributed by atoms with van der Waals surface area (Å²) in [6, 6.07) is 4.19. The lowest BCUT2D eigenvalue weighted by atomic mass is 10.8. The van der Waals surface area contributed by atoms with E-state index in [4.69, 9.17) is 0 Å². The van der Waals surface area contributed by atoms with Crippen LogP contribution in [0.1, 0.15) is 13.8 Å². The summed E-state index contributed by atoms with van der Waals surface area (Å²) in [5, 5.41) is 0. The van der Waals surface area contributed by atoms with Crippen molar-refractivity contribution in [3.63, 3.8) is 0 Å². The Kier molecular flexibility index (Phi) is 11.0. The fraction of sp³-hybridized carbons (Fsp3) is 0.714. The van der Waals surface area contributed by atoms with E-state index in [1.807, 2.05) is 0 Å². The molecule has 9 heavy (non-hydrogen) atoms. The SMILES string of the molecule is C=CC[SiH](CC)CC.Cl. The van der Waals surface area contributed by atoms with Crippen molar-refractivity contribution in [3.05, 3.63) is 12.7 Å². The summed E-state index contributed by atoms with van der Waals surface area (Å²) < 4.78 is 0. The standard InChI is InChI=1S/C7H16Si.ClH/c1-4-7-8(5-2)6-3;/h4,8H,1,5-7H2,2-3H3;1H. The number of rotatable bonds is 4. The molecule has 0 rings (SSSR count). The van der Waals surface area contributed by atoms with Crippen LogP contribution in [0.4, 0.5) is 0 Å². The van der Waals surface area contributed by atoms with E-state index in [2.05, 4.69) is 26.5 Å². The molecular formula is C7H17ClSi. The highest BCUT2D eigenvalue weighted by atomic mass is 35.5. The molecule has 0 atom stereocenters. The third kappa shape index (κ3) is 6.13. The van der Waals surface area contributed by atoms with Gasteiger partial charge in [0.2, 0.25) is 0 Å². The molecule has 0 N–H and O–H groups in total. The maximum Gasteiger partial charge on any atom is 0.0400 e. The highest BCUT2D eigenvalue weighted by molar-refractivity contribution is 6.59. The summed E-state index contributed by atoms with van der Waals surface area (Å²) in [7, 11) is -0.310. The molecule has 0 saturated carbocycles. The molecule has 0 aliphatic rings. The first-order valence-electron chi connectivity index (χ1n) is 3.46. The van der Waals surface area contributed by atoms with Crippen molar-refractivity contribution in [3.8, 4) is 0 Å². The first-order valence-corrected chi connectivity index (χ1v) is 5.90. The van der Waals surface area contributed by atoms with E-state index in [9.17, 15) is 0 Å². The largest absolute Gasteiger partial charge is 0.147 e. The summed E-state index contributed by atoms with van der Waals surface area (Å²) in [4.78, 5) is 0. The summed E-state index contributed by atoms with van der Waals surface area (Å²) >= 11 is 0. The lowest BCUT2D eigenvalue weighted by molar-refractivity contribution is 1.28. The second kappa shape index (κ2) is 8.25. The zero-order valence-corrected chi connectivity index (χ0v) is 8.36. The molecule has 0 amide bonds. The van der Waals surface area contributed by atoms with Gasteiger partial charge in [0, 0.05) is 8.80 Å². The first-order chi connectivity index (χ1) is 3.85. The van der Waals surface area contributed by atoms with Gasteiger partial charge in [-0.25, -0.2) is 0 Å². The average molecular weight is 165 g/mol. The molecule has 0 nitrogen and oxygen atoms in total. The van der Waals surface area contributed by atoms with Crippen LogP contribution in [0.2, 0.25) is 18.1 Å². The van der Waals surface area contributed by atoms with Crippen LogP contribution in [0.3, 0.4) is 0 Å². The van der Waals surface area contributed by atoms with Crippen molar-refractivity contribution >= 4 is 21.2 Å². The zero-order chi connectivity index (χ0) is 6.41. The van der Waals surface area contributed by atoms with Crippen molar-refractivity contribution < 1.29 is 0 Å². The fourth-order valence-corrected chi connectivity index (χ4v) is 2.57. The van der Waals surface area contributed by atoms with Gasteiger partial charge in [0.05, 0.1) is 0 Å². The molecule has 0 aliphatic carbocycles. The van der Waals surface area contributed by atoms with E-state index < -0.39 is 0 Å². The molecule has 0 aromatic heterocycles. The van der Waals surface area contributed by atoms with E-state index in [0.29, 0.717) is 0 Å². The first kappa shape index (κ1) is 12.0. The number of allylic oxidation sites excluding steroid dienone is 1. The van der Waals surface area contributed by atoms with Crippen molar-refractivity contribution in [1.29, 1.82) is 0 Å². The summed E-state index contributed by atoms with van der Waals surface area (Å²) in [5.74, 6) is 0. The van der Waals surface area contributed by atoms with Crippen LogP contribution in [-0.4, -0.2) is 8.80 Å². The smallest absolute Gasteiger partial charge is 0.0400 e. The predicted molar refractivity (Wildman–Crippen MR) is 50.4 cm³/mol. The molecule has 0 bridgehead atoms. The lowest BCUT2D eigenvalue weighted by Crippen LogP contribution is -2.05. The van der Waals surface area contributed by atoms with E-state index in [1.165, 1.54) is 18.1 Å². The van der Waals surface area contributed by atoms with E-state index in [0.717, 1.165) is 0 Å². The molecule has 0 aromatic rings. The van der Waals surface area contributed by atoms with Crippen molar-refractivity contribution in [2.24, 2.45) is 0 Å². The topological polar surface area (TPSA) is 0 Å². The molecule has 0 aliphatic heterocycles. The Morgan fingerprint density at radius 1 is 1.33 bits per heavy atom. The third-order valence-electron chi connectivity index (χ3n) is 1.65. The van der Waals surface area contributed by atoms with Gasteiger partial charge in [-0.05, 0) is 6.04 Å². The molecule has 0 heterocycles. The number of hydrogen-bond acceptors (Lipinski definition) is 0. The van der Waals surface area contributed by atoms with Gasteiger partial charge in [0.25, 0.3) is 0 Å². The van der Waals surface area contributed by atoms with Crippen LogP contribution < -0.4 is 0 Å². The second-order valence-electron chi connectivity index (χ2n) is 2.21. The Balaban J connectivity index is 0. The van der Waals surface area contributed by atoms with Crippen LogP contribution in [0.5, 0.6) is 0 Å². The molecule has 0 aromatic carbocycles. The van der Waals surface area contributed by atoms with Crippen molar-refractivity contribution in [1.82, 2.24) is 0 Å². The second-order valence-corrected chi connectivity index (χ2v) is 6.04. The molecule has 0 fully saturated rings. The highest BCUT2D eigenvalue weighted by Crippen LogP contribution is 2.03. The predicted octanol–water partition coefficient (Wildman–Crippen LogP) is 2.86. The number of hydrogen-bond donors (Lipinski definition) is 0. The van der Waals surface area contributed by atoms with Crippen molar-refractivity contribution in [2.45, 2.75) is 32.0 Å². The van der Waals surface area contributed by atoms with Gasteiger partial charge in [-0.1, -0.05) is 32.0 Å². The van der Waals surface area contributed by atoms with Crippen LogP contribution in [-0.2, 0) is 0 Å². The van der Waals surface area contributed by atoms with Gasteiger partial charge in [-0.2, -0.15) is 0 Å². The van der Waals surface area contributed by atoms with Crippen LogP contribution in [0.25, 0.3) is 0 Å². The van der Waals surface area contributed by atoms with E-state index >= 15 is 0 Å². The van der Waals surface area contributed by atoms with Crippen LogP contribution in [0, 0.1) is 0 Å². The van der Waals surface area contributed by atoms with Crippen LogP contribution >= 0.6 is 12.4 Å². The van der Waals surface area contributed by atoms with Gasteiger partial charge >= 0.3 is 0 Å². The Morgan fingerprint density at radius 3 is 1.89 bits per heavy atom. The fourth-order valence-electron chi connectivity index (χ4n) is 0.858. The molecule has 2 heteroatoms. The number of halogens is 1. The molecule has 0 spiro atoms. The Morgan fingerprint density at radius 2 is 1.78 bits per heavy atom. The van der Waals surface area contributed by atoms with Gasteiger partial charge in [-0.3, -0.25) is 0 Å². The minimum absolute atomic E-state index is 0. The van der Waals surface area contributed by atoms with Gasteiger partial charge in [0.1, 0.15) is 0 Å². The molecule has 0 radical (unpaired) electrons. The quantitative estimate of drug-likeness (QED) is 0.443. The Bertz CT molecular complexity index is 59.9. The lowest BCUT2D eigenvalue weighted by Gasteiger charge is -2.04. The minimum Gasteiger partial charge on any atom is -0.147 e. The van der Waals surface area contributed by atoms with Gasteiger partial charge in [0.15, 0.2) is 0 Å². The normalized spacial score (nSPS) is 8.78. The Labute approximate surface area is 66.4 Å². The zero-order valence-electron chi connectivity index (χ0n) is 6.39. The highest BCUT2D eigenvalue weighted by Gasteiger charge is 1.99. The summed E-state index contributed by atoms with van der Waals surface area (Å²) in [6.07, 6.45) is 2.07. The molecular weight excluding hydrogens is 148 g/mol. The van der Waals surface area contributed by atoms with E-state index in [-0.39, 0.29) is 21.2 Å². The monoisotopic (exact) mass is 164 g/mol. The van der Waals surface area contributed by atoms with E-state index in [1.54, 1.807) is 0 Å². The summed E-state index contributed by atoms with van der Waals surface area (Å²) in [5.41, 5.74) is 0. The average Bonchev–Trinajstić information content (AvgIpc) is 1.83. The Hall–Kier alpha value is 0.247. The third-order valence-corrected chi connectivity index (χ3v) is 4.96. The minimum atomic E-state index is -0.310. The maximum absolute atomic E-state index is 3.73. The van der Waals surface area contributed by atoms with Gasteiger partial charge in [-0.15, -0.1) is 19.0 Å². The van der Waals surface area contributed by atoms with Crippen LogP contribution in [0.15, 0.2) is 12.7 Å². The molecule has 0 saturated heterocycles. The van der Waals surface area contributed by atoms with Gasteiger partial charge < -0.3 is 0 Å². The molecule has 56 valence electrons.